The summed E-state index contributed by atoms with van der Waals surface area (Å²) in [6.45, 7) is 3.77. The number of aliphatic imine (C=N–C) groups is 1. The summed E-state index contributed by atoms with van der Waals surface area (Å²) in [6.07, 6.45) is 2.28. The smallest absolute Gasteiger partial charge is 0.280 e. The second-order valence-corrected chi connectivity index (χ2v) is 5.90. The first kappa shape index (κ1) is 15.3. The minimum absolute atomic E-state index is 0.252. The van der Waals surface area contributed by atoms with Gasteiger partial charge in [0, 0.05) is 11.9 Å². The van der Waals surface area contributed by atoms with Gasteiger partial charge in [0.1, 0.15) is 10.8 Å². The van der Waals surface area contributed by atoms with Crippen LogP contribution in [0.4, 0.5) is 9.52 Å². The van der Waals surface area contributed by atoms with E-state index in [-0.39, 0.29) is 11.4 Å². The summed E-state index contributed by atoms with van der Waals surface area (Å²) < 4.78 is 14.4. The molecule has 118 valence electrons. The first-order chi connectivity index (χ1) is 11.1. The van der Waals surface area contributed by atoms with E-state index in [2.05, 4.69) is 20.3 Å². The number of aryl methyl sites for hydroxylation is 2. The Kier molecular flexibility index (Phi) is 4.16. The van der Waals surface area contributed by atoms with Crippen LogP contribution in [-0.2, 0) is 6.42 Å². The number of aromatic nitrogens is 4. The Morgan fingerprint density at radius 1 is 1.35 bits per heavy atom. The summed E-state index contributed by atoms with van der Waals surface area (Å²) in [6, 6.07) is 5.68. The summed E-state index contributed by atoms with van der Waals surface area (Å²) in [5.74, 6) is -0.352. The molecular formula is C15H14FN5OS. The number of H-pyrrole nitrogens is 1. The van der Waals surface area contributed by atoms with E-state index in [9.17, 15) is 9.18 Å². The monoisotopic (exact) mass is 331 g/mol. The van der Waals surface area contributed by atoms with E-state index < -0.39 is 0 Å². The van der Waals surface area contributed by atoms with Crippen molar-refractivity contribution in [2.75, 3.05) is 0 Å². The molecule has 0 aliphatic rings. The predicted molar refractivity (Wildman–Crippen MR) is 87.6 cm³/mol. The highest BCUT2D eigenvalue weighted by molar-refractivity contribution is 7.14. The maximum absolute atomic E-state index is 13.0. The van der Waals surface area contributed by atoms with E-state index in [0.717, 1.165) is 11.4 Å². The van der Waals surface area contributed by atoms with E-state index in [4.69, 9.17) is 0 Å². The van der Waals surface area contributed by atoms with E-state index in [0.29, 0.717) is 22.1 Å². The number of hydrogen-bond donors (Lipinski definition) is 1. The lowest BCUT2D eigenvalue weighted by molar-refractivity contribution is 0.627. The fraction of sp³-hybridized carbons (Fsp3) is 0.200. The third-order valence-corrected chi connectivity index (χ3v) is 4.24. The van der Waals surface area contributed by atoms with Gasteiger partial charge in [0.05, 0.1) is 11.3 Å². The number of nitrogens with zero attached hydrogens (tertiary/aromatic N) is 4. The highest BCUT2D eigenvalue weighted by Gasteiger charge is 2.11. The highest BCUT2D eigenvalue weighted by atomic mass is 32.1. The lowest BCUT2D eigenvalue weighted by Gasteiger charge is -2.00. The molecule has 0 fully saturated rings. The van der Waals surface area contributed by atoms with Crippen LogP contribution < -0.4 is 5.56 Å². The second kappa shape index (κ2) is 6.25. The number of halogens is 1. The van der Waals surface area contributed by atoms with Gasteiger partial charge < -0.3 is 0 Å². The molecule has 0 spiro atoms. The van der Waals surface area contributed by atoms with Crippen LogP contribution in [0.3, 0.4) is 0 Å². The molecule has 23 heavy (non-hydrogen) atoms. The molecule has 1 N–H and O–H groups in total. The van der Waals surface area contributed by atoms with Crippen LogP contribution in [0.25, 0.3) is 5.69 Å². The Morgan fingerprint density at radius 2 is 2.09 bits per heavy atom. The zero-order chi connectivity index (χ0) is 16.4. The summed E-state index contributed by atoms with van der Waals surface area (Å²) in [4.78, 5) is 16.7. The lowest BCUT2D eigenvalue weighted by Crippen LogP contribution is -2.17. The average molecular weight is 331 g/mol. The second-order valence-electron chi connectivity index (χ2n) is 4.86. The molecule has 0 aliphatic carbocycles. The van der Waals surface area contributed by atoms with Crippen molar-refractivity contribution in [3.05, 3.63) is 56.7 Å². The Bertz CT molecular complexity index is 907. The fourth-order valence-corrected chi connectivity index (χ4v) is 2.67. The SMILES string of the molecule is CCc1nnc(N=Cc2c(C)[nH]n(-c3ccc(F)cc3)c2=O)s1. The van der Waals surface area contributed by atoms with Crippen molar-refractivity contribution in [3.8, 4) is 5.69 Å². The molecule has 0 atom stereocenters. The Labute approximate surface area is 135 Å². The van der Waals surface area contributed by atoms with Crippen LogP contribution in [-0.4, -0.2) is 26.2 Å². The van der Waals surface area contributed by atoms with E-state index in [1.54, 1.807) is 6.92 Å². The summed E-state index contributed by atoms with van der Waals surface area (Å²) in [5, 5.41) is 12.3. The molecule has 8 heteroatoms. The maximum Gasteiger partial charge on any atom is 0.280 e. The number of benzene rings is 1. The van der Waals surface area contributed by atoms with Gasteiger partial charge in [-0.1, -0.05) is 18.3 Å². The van der Waals surface area contributed by atoms with Gasteiger partial charge in [0.25, 0.3) is 5.56 Å². The molecular weight excluding hydrogens is 317 g/mol. The average Bonchev–Trinajstić information content (AvgIpc) is 3.11. The lowest BCUT2D eigenvalue weighted by atomic mass is 10.3. The summed E-state index contributed by atoms with van der Waals surface area (Å²) in [7, 11) is 0. The Morgan fingerprint density at radius 3 is 2.74 bits per heavy atom. The maximum atomic E-state index is 13.0. The molecule has 2 heterocycles. The number of aromatic amines is 1. The number of nitrogens with one attached hydrogen (secondary N) is 1. The molecule has 0 radical (unpaired) electrons. The summed E-state index contributed by atoms with van der Waals surface area (Å²) in [5.41, 5.74) is 1.41. The van der Waals surface area contributed by atoms with Crippen LogP contribution in [0.15, 0.2) is 34.1 Å². The van der Waals surface area contributed by atoms with Crippen molar-refractivity contribution in [2.45, 2.75) is 20.3 Å². The van der Waals surface area contributed by atoms with Gasteiger partial charge in [0.2, 0.25) is 5.13 Å². The molecule has 0 saturated heterocycles. The molecule has 3 rings (SSSR count). The third-order valence-electron chi connectivity index (χ3n) is 3.26. The van der Waals surface area contributed by atoms with Crippen LogP contribution in [0.2, 0.25) is 0 Å². The Hall–Kier alpha value is -2.61. The number of rotatable bonds is 4. The predicted octanol–water partition coefficient (Wildman–Crippen LogP) is 2.78. The van der Waals surface area contributed by atoms with Crippen molar-refractivity contribution in [1.29, 1.82) is 0 Å². The van der Waals surface area contributed by atoms with Crippen molar-refractivity contribution in [3.63, 3.8) is 0 Å². The summed E-state index contributed by atoms with van der Waals surface area (Å²) >= 11 is 1.39. The fourth-order valence-electron chi connectivity index (χ4n) is 2.04. The molecule has 1 aromatic carbocycles. The van der Waals surface area contributed by atoms with Crippen molar-refractivity contribution in [2.24, 2.45) is 4.99 Å². The standard InChI is InChI=1S/C15H14FN5OS/c1-3-13-18-19-15(23-13)17-8-12-9(2)20-21(14(12)22)11-6-4-10(16)5-7-11/h4-8,20H,3H2,1-2H3. The van der Waals surface area contributed by atoms with Gasteiger partial charge >= 0.3 is 0 Å². The van der Waals surface area contributed by atoms with E-state index in [1.165, 1.54) is 46.5 Å². The third kappa shape index (κ3) is 3.11. The van der Waals surface area contributed by atoms with Gasteiger partial charge in [0.15, 0.2) is 0 Å². The highest BCUT2D eigenvalue weighted by Crippen LogP contribution is 2.18. The van der Waals surface area contributed by atoms with Crippen LogP contribution >= 0.6 is 11.3 Å². The molecule has 0 amide bonds. The Balaban J connectivity index is 1.94. The number of hydrogen-bond acceptors (Lipinski definition) is 5. The molecule has 2 aromatic heterocycles. The van der Waals surface area contributed by atoms with Crippen LogP contribution in [0.1, 0.15) is 23.2 Å². The molecule has 0 unspecified atom stereocenters. The largest absolute Gasteiger partial charge is 0.295 e. The van der Waals surface area contributed by atoms with Crippen molar-refractivity contribution >= 4 is 22.7 Å². The van der Waals surface area contributed by atoms with Gasteiger partial charge in [-0.15, -0.1) is 10.2 Å². The van der Waals surface area contributed by atoms with Crippen molar-refractivity contribution < 1.29 is 4.39 Å². The minimum atomic E-state index is -0.352. The van der Waals surface area contributed by atoms with Crippen molar-refractivity contribution in [1.82, 2.24) is 20.0 Å². The topological polar surface area (TPSA) is 75.9 Å². The van der Waals surface area contributed by atoms with Gasteiger partial charge in [-0.2, -0.15) is 0 Å². The molecule has 0 aliphatic heterocycles. The van der Waals surface area contributed by atoms with Gasteiger partial charge in [-0.05, 0) is 37.6 Å². The van der Waals surface area contributed by atoms with Crippen LogP contribution in [0, 0.1) is 12.7 Å². The van der Waals surface area contributed by atoms with Gasteiger partial charge in [-0.25, -0.2) is 14.1 Å². The normalized spacial score (nSPS) is 11.4. The zero-order valence-corrected chi connectivity index (χ0v) is 13.4. The molecule has 0 bridgehead atoms. The van der Waals surface area contributed by atoms with E-state index >= 15 is 0 Å². The molecule has 0 saturated carbocycles. The molecule has 6 nitrogen and oxygen atoms in total. The van der Waals surface area contributed by atoms with Crippen LogP contribution in [0.5, 0.6) is 0 Å². The van der Waals surface area contributed by atoms with E-state index in [1.807, 2.05) is 6.92 Å². The minimum Gasteiger partial charge on any atom is -0.295 e. The van der Waals surface area contributed by atoms with Gasteiger partial charge in [-0.3, -0.25) is 9.89 Å². The first-order valence-electron chi connectivity index (χ1n) is 7.02. The zero-order valence-electron chi connectivity index (χ0n) is 12.6. The quantitative estimate of drug-likeness (QED) is 0.747. The first-order valence-corrected chi connectivity index (χ1v) is 7.84. The molecule has 3 aromatic rings.